The molecule has 0 aliphatic heterocycles. The molecule has 5 aliphatic carbocycles. The van der Waals surface area contributed by atoms with E-state index < -0.39 is 0 Å². The number of hydrogen-bond acceptors (Lipinski definition) is 0. The van der Waals surface area contributed by atoms with Gasteiger partial charge in [-0.3, -0.25) is 0 Å². The summed E-state index contributed by atoms with van der Waals surface area (Å²) in [6.07, 6.45) is 5.28. The molecule has 0 nitrogen and oxygen atoms in total. The second-order valence-electron chi connectivity index (χ2n) is 6.54. The molecule has 0 aromatic heterocycles. The van der Waals surface area contributed by atoms with Gasteiger partial charge >= 0.3 is 0 Å². The number of rotatable bonds is 0. The van der Waals surface area contributed by atoms with Crippen LogP contribution in [0.15, 0.2) is 24.3 Å². The lowest BCUT2D eigenvalue weighted by molar-refractivity contribution is 0.520. The highest BCUT2D eigenvalue weighted by atomic mass is 14.4. The molecule has 7 rings (SSSR count). The summed E-state index contributed by atoms with van der Waals surface area (Å²) in [4.78, 5) is 0. The van der Waals surface area contributed by atoms with Crippen molar-refractivity contribution in [1.29, 1.82) is 0 Å². The summed E-state index contributed by atoms with van der Waals surface area (Å²) in [7, 11) is 0. The van der Waals surface area contributed by atoms with E-state index in [9.17, 15) is 0 Å². The molecule has 0 heteroatoms. The predicted octanol–water partition coefficient (Wildman–Crippen LogP) is 3.87. The van der Waals surface area contributed by atoms with E-state index >= 15 is 0 Å². The van der Waals surface area contributed by atoms with Gasteiger partial charge in [0.2, 0.25) is 0 Å². The SMILES string of the molecule is c1c2c(cc3c1C1CCC3c3cc4c(cc31)C4)C2. The predicted molar refractivity (Wildman–Crippen MR) is 71.4 cm³/mol. The molecule has 0 amide bonds. The van der Waals surface area contributed by atoms with Gasteiger partial charge < -0.3 is 0 Å². The molecule has 0 atom stereocenters. The van der Waals surface area contributed by atoms with Crippen molar-refractivity contribution in [3.63, 3.8) is 0 Å². The molecular formula is C18H14. The fourth-order valence-electron chi connectivity index (χ4n) is 4.48. The molecule has 0 saturated heterocycles. The Kier molecular flexibility index (Phi) is 1.15. The Bertz CT molecular complexity index is 628. The van der Waals surface area contributed by atoms with Crippen LogP contribution in [0.3, 0.4) is 0 Å². The lowest BCUT2D eigenvalue weighted by Crippen LogP contribution is -2.24. The van der Waals surface area contributed by atoms with Crippen LogP contribution in [0.5, 0.6) is 0 Å². The van der Waals surface area contributed by atoms with Crippen LogP contribution in [0, 0.1) is 0 Å². The van der Waals surface area contributed by atoms with Gasteiger partial charge in [-0.25, -0.2) is 0 Å². The molecule has 0 radical (unpaired) electrons. The van der Waals surface area contributed by atoms with Gasteiger partial charge in [0.25, 0.3) is 0 Å². The van der Waals surface area contributed by atoms with Gasteiger partial charge in [-0.15, -0.1) is 0 Å². The topological polar surface area (TPSA) is 0 Å². The summed E-state index contributed by atoms with van der Waals surface area (Å²) in [5.41, 5.74) is 13.2. The van der Waals surface area contributed by atoms with Crippen molar-refractivity contribution in [2.75, 3.05) is 0 Å². The van der Waals surface area contributed by atoms with Crippen LogP contribution in [-0.4, -0.2) is 0 Å². The van der Waals surface area contributed by atoms with Crippen molar-refractivity contribution in [2.24, 2.45) is 0 Å². The molecule has 0 fully saturated rings. The van der Waals surface area contributed by atoms with Crippen LogP contribution in [0.25, 0.3) is 0 Å². The summed E-state index contributed by atoms with van der Waals surface area (Å²) < 4.78 is 0. The third-order valence-electron chi connectivity index (χ3n) is 5.57. The molecule has 0 unspecified atom stereocenters. The van der Waals surface area contributed by atoms with Crippen LogP contribution in [0.4, 0.5) is 0 Å². The highest BCUT2D eigenvalue weighted by molar-refractivity contribution is 5.64. The minimum absolute atomic E-state index is 0.719. The van der Waals surface area contributed by atoms with E-state index in [0.29, 0.717) is 0 Å². The summed E-state index contributed by atoms with van der Waals surface area (Å²) in [5.74, 6) is 1.44. The minimum Gasteiger partial charge on any atom is -0.0543 e. The average Bonchev–Trinajstić information content (AvgIpc) is 3.28. The highest BCUT2D eigenvalue weighted by Crippen LogP contribution is 2.56. The normalized spacial score (nSPS) is 27.1. The molecule has 2 bridgehead atoms. The summed E-state index contributed by atoms with van der Waals surface area (Å²) in [5, 5.41) is 0. The largest absolute Gasteiger partial charge is 0.0543 e. The Morgan fingerprint density at radius 3 is 1.22 bits per heavy atom. The molecule has 0 saturated carbocycles. The van der Waals surface area contributed by atoms with Crippen LogP contribution in [0.1, 0.15) is 69.2 Å². The molecule has 2 aromatic carbocycles. The molecule has 5 aliphatic rings. The van der Waals surface area contributed by atoms with Crippen molar-refractivity contribution < 1.29 is 0 Å². The second-order valence-corrected chi connectivity index (χ2v) is 6.54. The lowest BCUT2D eigenvalue weighted by atomic mass is 9.64. The Hall–Kier alpha value is -1.56. The maximum atomic E-state index is 2.52. The Morgan fingerprint density at radius 2 is 0.889 bits per heavy atom. The van der Waals surface area contributed by atoms with Crippen molar-refractivity contribution in [3.8, 4) is 0 Å². The summed E-state index contributed by atoms with van der Waals surface area (Å²) in [6, 6.07) is 10.1. The maximum Gasteiger partial charge on any atom is 0.00957 e. The molecule has 0 N–H and O–H groups in total. The van der Waals surface area contributed by atoms with E-state index in [0.717, 1.165) is 11.8 Å². The van der Waals surface area contributed by atoms with Crippen molar-refractivity contribution in [1.82, 2.24) is 0 Å². The maximum absolute atomic E-state index is 2.52. The number of hydrogen-bond donors (Lipinski definition) is 0. The van der Waals surface area contributed by atoms with Gasteiger partial charge in [0.15, 0.2) is 0 Å². The fraction of sp³-hybridized carbons (Fsp3) is 0.333. The smallest absolute Gasteiger partial charge is 0.00957 e. The van der Waals surface area contributed by atoms with Crippen molar-refractivity contribution >= 4 is 0 Å². The molecule has 86 valence electrons. The first-order valence-electron chi connectivity index (χ1n) is 7.19. The zero-order chi connectivity index (χ0) is 11.4. The minimum atomic E-state index is 0.719. The Morgan fingerprint density at radius 1 is 0.556 bits per heavy atom. The van der Waals surface area contributed by atoms with E-state index in [2.05, 4.69) is 24.3 Å². The molecule has 2 aromatic rings. The molecular weight excluding hydrogens is 216 g/mol. The summed E-state index contributed by atoms with van der Waals surface area (Å²) in [6.45, 7) is 0. The van der Waals surface area contributed by atoms with Crippen LogP contribution in [-0.2, 0) is 12.8 Å². The van der Waals surface area contributed by atoms with E-state index in [4.69, 9.17) is 0 Å². The highest BCUT2D eigenvalue weighted by Gasteiger charge is 2.40. The van der Waals surface area contributed by atoms with E-state index in [-0.39, 0.29) is 0 Å². The molecule has 0 spiro atoms. The molecule has 18 heavy (non-hydrogen) atoms. The third-order valence-corrected chi connectivity index (χ3v) is 5.57. The Labute approximate surface area is 107 Å². The van der Waals surface area contributed by atoms with Crippen molar-refractivity contribution in [2.45, 2.75) is 37.5 Å². The van der Waals surface area contributed by atoms with Gasteiger partial charge in [-0.1, -0.05) is 24.3 Å². The van der Waals surface area contributed by atoms with Gasteiger partial charge in [0.1, 0.15) is 0 Å². The number of fused-ring (bicyclic) bond motifs is 3. The average molecular weight is 230 g/mol. The monoisotopic (exact) mass is 230 g/mol. The van der Waals surface area contributed by atoms with Crippen LogP contribution >= 0.6 is 0 Å². The standard InChI is InChI=1S/C18H14/c1-2-14-17-7-11-3-9(11)5-15(17)13(1)16-6-10-4-12(10)8-18(14)16/h5-8,13-14H,1-4H2. The van der Waals surface area contributed by atoms with E-state index in [1.165, 1.54) is 25.7 Å². The zero-order valence-corrected chi connectivity index (χ0v) is 10.3. The summed E-state index contributed by atoms with van der Waals surface area (Å²) >= 11 is 0. The molecule has 0 heterocycles. The van der Waals surface area contributed by atoms with Crippen LogP contribution in [0.2, 0.25) is 0 Å². The lowest BCUT2D eigenvalue weighted by Gasteiger charge is -2.40. The first-order chi connectivity index (χ1) is 8.88. The van der Waals surface area contributed by atoms with Gasteiger partial charge in [-0.2, -0.15) is 0 Å². The van der Waals surface area contributed by atoms with Crippen LogP contribution < -0.4 is 0 Å². The first kappa shape index (κ1) is 8.53. The fourth-order valence-corrected chi connectivity index (χ4v) is 4.48. The van der Waals surface area contributed by atoms with E-state index in [1.807, 2.05) is 0 Å². The van der Waals surface area contributed by atoms with Crippen molar-refractivity contribution in [3.05, 3.63) is 68.8 Å². The quantitative estimate of drug-likeness (QED) is 0.430. The second kappa shape index (κ2) is 2.42. The van der Waals surface area contributed by atoms with Gasteiger partial charge in [0, 0.05) is 11.8 Å². The van der Waals surface area contributed by atoms with Gasteiger partial charge in [-0.05, 0) is 70.2 Å². The van der Waals surface area contributed by atoms with Gasteiger partial charge in [0.05, 0.1) is 0 Å². The van der Waals surface area contributed by atoms with E-state index in [1.54, 1.807) is 44.5 Å². The zero-order valence-electron chi connectivity index (χ0n) is 10.3. The number of benzene rings is 2. The first-order valence-corrected chi connectivity index (χ1v) is 7.19. The third kappa shape index (κ3) is 0.849. The Balaban J connectivity index is 1.70.